The zero-order chi connectivity index (χ0) is 12.5. The smallest absolute Gasteiger partial charge is 0.251 e. The molecule has 1 aromatic carbocycles. The highest BCUT2D eigenvalue weighted by molar-refractivity contribution is 7.71. The number of aromatic amines is 1. The molecule has 92 valence electrons. The Morgan fingerprint density at radius 1 is 1.33 bits per heavy atom. The Morgan fingerprint density at radius 2 is 2.17 bits per heavy atom. The van der Waals surface area contributed by atoms with Crippen molar-refractivity contribution in [2.45, 2.75) is 12.5 Å². The van der Waals surface area contributed by atoms with E-state index in [1.165, 1.54) is 6.07 Å². The van der Waals surface area contributed by atoms with Gasteiger partial charge in [0, 0.05) is 24.2 Å². The second-order valence-corrected chi connectivity index (χ2v) is 4.59. The summed E-state index contributed by atoms with van der Waals surface area (Å²) in [4.78, 5) is 13.9. The van der Waals surface area contributed by atoms with Crippen molar-refractivity contribution in [3.63, 3.8) is 0 Å². The van der Waals surface area contributed by atoms with Gasteiger partial charge in [-0.15, -0.1) is 0 Å². The quantitative estimate of drug-likeness (QED) is 0.800. The lowest BCUT2D eigenvalue weighted by Crippen LogP contribution is -2.22. The Morgan fingerprint density at radius 3 is 3.00 bits per heavy atom. The van der Waals surface area contributed by atoms with Crippen LogP contribution in [-0.4, -0.2) is 16.2 Å². The van der Waals surface area contributed by atoms with E-state index < -0.39 is 0 Å². The zero-order valence-electron chi connectivity index (χ0n) is 9.63. The molecule has 1 unspecified atom stereocenters. The number of aromatic nitrogens is 2. The number of nitrogens with one attached hydrogen (secondary N) is 1. The number of hydrogen-bond acceptors (Lipinski definition) is 3. The SMILES string of the molecule is O=c1ccn(C2CCOc3ccccc32)c(=S)[nH]1. The summed E-state index contributed by atoms with van der Waals surface area (Å²) < 4.78 is 7.98. The molecule has 0 saturated heterocycles. The first-order valence-electron chi connectivity index (χ1n) is 5.79. The molecule has 1 aliphatic rings. The molecule has 3 rings (SSSR count). The van der Waals surface area contributed by atoms with E-state index in [9.17, 15) is 4.79 Å². The number of benzene rings is 1. The van der Waals surface area contributed by atoms with Gasteiger partial charge in [-0.2, -0.15) is 0 Å². The standard InChI is InChI=1S/C13H12N2O2S/c16-12-5-7-15(13(18)14-12)10-6-8-17-11-4-2-1-3-9(10)11/h1-5,7,10H,6,8H2,(H,14,16,18). The molecule has 0 spiro atoms. The predicted octanol–water partition coefficient (Wildman–Crippen LogP) is 2.28. The number of H-pyrrole nitrogens is 1. The van der Waals surface area contributed by atoms with Crippen LogP contribution in [0.4, 0.5) is 0 Å². The van der Waals surface area contributed by atoms with Crippen molar-refractivity contribution < 1.29 is 4.74 Å². The van der Waals surface area contributed by atoms with E-state index >= 15 is 0 Å². The highest BCUT2D eigenvalue weighted by atomic mass is 32.1. The molecular formula is C13H12N2O2S. The van der Waals surface area contributed by atoms with Crippen LogP contribution in [-0.2, 0) is 0 Å². The van der Waals surface area contributed by atoms with Crippen molar-refractivity contribution in [3.8, 4) is 5.75 Å². The van der Waals surface area contributed by atoms with Crippen molar-refractivity contribution in [3.05, 3.63) is 57.2 Å². The van der Waals surface area contributed by atoms with Crippen molar-refractivity contribution in [2.24, 2.45) is 0 Å². The van der Waals surface area contributed by atoms with Crippen LogP contribution in [0.25, 0.3) is 0 Å². The van der Waals surface area contributed by atoms with E-state index in [-0.39, 0.29) is 11.6 Å². The molecule has 1 aliphatic heterocycles. The molecule has 1 N–H and O–H groups in total. The highest BCUT2D eigenvalue weighted by Crippen LogP contribution is 2.34. The van der Waals surface area contributed by atoms with E-state index in [0.717, 1.165) is 17.7 Å². The molecule has 1 aromatic heterocycles. The van der Waals surface area contributed by atoms with E-state index in [2.05, 4.69) is 4.98 Å². The van der Waals surface area contributed by atoms with Gasteiger partial charge in [0.25, 0.3) is 5.56 Å². The Bertz CT molecular complexity index is 690. The lowest BCUT2D eigenvalue weighted by atomic mass is 10.0. The number of nitrogens with zero attached hydrogens (tertiary/aromatic N) is 1. The Kier molecular flexibility index (Phi) is 2.76. The first-order valence-corrected chi connectivity index (χ1v) is 6.20. The minimum atomic E-state index is -0.170. The molecule has 1 atom stereocenters. The molecule has 18 heavy (non-hydrogen) atoms. The van der Waals surface area contributed by atoms with Crippen LogP contribution in [0.2, 0.25) is 0 Å². The Labute approximate surface area is 109 Å². The van der Waals surface area contributed by atoms with E-state index in [1.54, 1.807) is 6.20 Å². The van der Waals surface area contributed by atoms with Crippen LogP contribution in [0.1, 0.15) is 18.0 Å². The van der Waals surface area contributed by atoms with Crippen LogP contribution in [0.15, 0.2) is 41.3 Å². The van der Waals surface area contributed by atoms with Gasteiger partial charge in [0.1, 0.15) is 5.75 Å². The summed E-state index contributed by atoms with van der Waals surface area (Å²) in [5.41, 5.74) is 0.934. The van der Waals surface area contributed by atoms with Crippen LogP contribution < -0.4 is 10.3 Å². The van der Waals surface area contributed by atoms with Crippen LogP contribution in [0.5, 0.6) is 5.75 Å². The Balaban J connectivity index is 2.14. The van der Waals surface area contributed by atoms with Crippen LogP contribution in [0.3, 0.4) is 0 Å². The predicted molar refractivity (Wildman–Crippen MR) is 70.6 cm³/mol. The van der Waals surface area contributed by atoms with Gasteiger partial charge in [-0.05, 0) is 18.3 Å². The van der Waals surface area contributed by atoms with Crippen LogP contribution >= 0.6 is 12.2 Å². The van der Waals surface area contributed by atoms with Crippen molar-refractivity contribution >= 4 is 12.2 Å². The van der Waals surface area contributed by atoms with Gasteiger partial charge in [-0.1, -0.05) is 18.2 Å². The molecule has 0 aliphatic carbocycles. The van der Waals surface area contributed by atoms with E-state index in [1.807, 2.05) is 28.8 Å². The molecular weight excluding hydrogens is 248 g/mol. The van der Waals surface area contributed by atoms with E-state index in [4.69, 9.17) is 17.0 Å². The molecule has 0 radical (unpaired) electrons. The zero-order valence-corrected chi connectivity index (χ0v) is 10.4. The molecule has 5 heteroatoms. The highest BCUT2D eigenvalue weighted by Gasteiger charge is 2.22. The second-order valence-electron chi connectivity index (χ2n) is 4.21. The summed E-state index contributed by atoms with van der Waals surface area (Å²) in [7, 11) is 0. The van der Waals surface area contributed by atoms with Gasteiger partial charge >= 0.3 is 0 Å². The minimum absolute atomic E-state index is 0.124. The first-order chi connectivity index (χ1) is 8.75. The number of hydrogen-bond donors (Lipinski definition) is 1. The fraction of sp³-hybridized carbons (Fsp3) is 0.231. The van der Waals surface area contributed by atoms with Gasteiger partial charge in [0.2, 0.25) is 0 Å². The number of rotatable bonds is 1. The summed E-state index contributed by atoms with van der Waals surface area (Å²) in [5.74, 6) is 0.891. The maximum atomic E-state index is 11.2. The number of ether oxygens (including phenoxy) is 1. The molecule has 0 bridgehead atoms. The van der Waals surface area contributed by atoms with Gasteiger partial charge < -0.3 is 9.30 Å². The third-order valence-electron chi connectivity index (χ3n) is 3.11. The normalized spacial score (nSPS) is 17.9. The maximum Gasteiger partial charge on any atom is 0.251 e. The number of para-hydroxylation sites is 1. The largest absolute Gasteiger partial charge is 0.493 e. The van der Waals surface area contributed by atoms with Crippen LogP contribution in [0, 0.1) is 4.77 Å². The van der Waals surface area contributed by atoms with E-state index in [0.29, 0.717) is 11.4 Å². The van der Waals surface area contributed by atoms with Crippen molar-refractivity contribution in [1.82, 2.24) is 9.55 Å². The first kappa shape index (κ1) is 11.2. The van der Waals surface area contributed by atoms with Gasteiger partial charge in [0.05, 0.1) is 12.6 Å². The fourth-order valence-electron chi connectivity index (χ4n) is 2.28. The minimum Gasteiger partial charge on any atom is -0.493 e. The lowest BCUT2D eigenvalue weighted by Gasteiger charge is -2.27. The van der Waals surface area contributed by atoms with Crippen molar-refractivity contribution in [2.75, 3.05) is 6.61 Å². The molecule has 0 fully saturated rings. The lowest BCUT2D eigenvalue weighted by molar-refractivity contribution is 0.254. The summed E-state index contributed by atoms with van der Waals surface area (Å²) in [6.45, 7) is 0.655. The third-order valence-corrected chi connectivity index (χ3v) is 3.43. The molecule has 0 amide bonds. The monoisotopic (exact) mass is 260 g/mol. The van der Waals surface area contributed by atoms with Gasteiger partial charge in [-0.25, -0.2) is 0 Å². The summed E-state index contributed by atoms with van der Waals surface area (Å²) >= 11 is 5.22. The summed E-state index contributed by atoms with van der Waals surface area (Å²) in [5, 5.41) is 0. The van der Waals surface area contributed by atoms with Gasteiger partial charge in [-0.3, -0.25) is 9.78 Å². The second kappa shape index (κ2) is 4.42. The fourth-order valence-corrected chi connectivity index (χ4v) is 2.57. The molecule has 2 heterocycles. The van der Waals surface area contributed by atoms with Gasteiger partial charge in [0.15, 0.2) is 4.77 Å². The topological polar surface area (TPSA) is 47.0 Å². The summed E-state index contributed by atoms with van der Waals surface area (Å²) in [6.07, 6.45) is 2.59. The number of fused-ring (bicyclic) bond motifs is 1. The average molecular weight is 260 g/mol. The molecule has 4 nitrogen and oxygen atoms in total. The maximum absolute atomic E-state index is 11.2. The molecule has 2 aromatic rings. The van der Waals surface area contributed by atoms with Crippen molar-refractivity contribution in [1.29, 1.82) is 0 Å². The third kappa shape index (κ3) is 1.86. The summed E-state index contributed by atoms with van der Waals surface area (Å²) in [6, 6.07) is 9.54. The Hall–Kier alpha value is -1.88. The average Bonchev–Trinajstić information content (AvgIpc) is 2.38. The molecule has 0 saturated carbocycles.